The van der Waals surface area contributed by atoms with Crippen LogP contribution < -0.4 is 15.5 Å². The molecule has 174 valence electrons. The molecule has 4 N–H and O–H groups in total. The molecule has 1 heterocycles. The van der Waals surface area contributed by atoms with Crippen molar-refractivity contribution in [3.8, 4) is 0 Å². The van der Waals surface area contributed by atoms with Crippen LogP contribution in [0.4, 0.5) is 25.1 Å². The van der Waals surface area contributed by atoms with Crippen molar-refractivity contribution in [1.29, 1.82) is 0 Å². The van der Waals surface area contributed by atoms with Gasteiger partial charge in [0.15, 0.2) is 17.5 Å². The molecule has 3 rings (SSSR count). The first-order valence-corrected chi connectivity index (χ1v) is 9.83. The highest BCUT2D eigenvalue weighted by molar-refractivity contribution is 6.34. The van der Waals surface area contributed by atoms with Gasteiger partial charge in [0.1, 0.15) is 5.69 Å². The second-order valence-electron chi connectivity index (χ2n) is 6.40. The van der Waals surface area contributed by atoms with Crippen LogP contribution in [0.3, 0.4) is 0 Å². The summed E-state index contributed by atoms with van der Waals surface area (Å²) in [7, 11) is 1.75. The number of nitrogens with one attached hydrogen (secondary N) is 3. The van der Waals surface area contributed by atoms with Crippen molar-refractivity contribution < 1.29 is 28.3 Å². The number of hydrogen-bond acceptors (Lipinski definition) is 4. The number of H-pyrrole nitrogens is 1. The topological polar surface area (TPSA) is 127 Å². The minimum atomic E-state index is -1.26. The standard InChI is InChI=1S/C11H6ClF2N3O3.C10H14N2O/c12-5-2-7(14)6(13)1-4(5)10(18)15-9-3-8(11(19)20)16-17-9;1-3-11-10(13)12(2)9-7-5-4-6-8-9/h1-3H,(H,19,20)(H2,15,16,17,18);4-8H,3H2,1-2H3,(H,11,13). The zero-order chi connectivity index (χ0) is 24.5. The van der Waals surface area contributed by atoms with Crippen molar-refractivity contribution in [2.45, 2.75) is 6.92 Å². The van der Waals surface area contributed by atoms with Crippen molar-refractivity contribution in [1.82, 2.24) is 15.5 Å². The highest BCUT2D eigenvalue weighted by Crippen LogP contribution is 2.21. The van der Waals surface area contributed by atoms with E-state index in [1.165, 1.54) is 0 Å². The van der Waals surface area contributed by atoms with Gasteiger partial charge in [-0.2, -0.15) is 5.10 Å². The van der Waals surface area contributed by atoms with E-state index in [4.69, 9.17) is 16.7 Å². The van der Waals surface area contributed by atoms with Gasteiger partial charge in [-0.15, -0.1) is 0 Å². The summed E-state index contributed by atoms with van der Waals surface area (Å²) >= 11 is 5.63. The van der Waals surface area contributed by atoms with Crippen LogP contribution in [0.1, 0.15) is 27.8 Å². The molecule has 0 aliphatic heterocycles. The molecule has 0 atom stereocenters. The Morgan fingerprint density at radius 1 is 1.12 bits per heavy atom. The van der Waals surface area contributed by atoms with Gasteiger partial charge < -0.3 is 15.7 Å². The van der Waals surface area contributed by atoms with E-state index in [1.54, 1.807) is 11.9 Å². The summed E-state index contributed by atoms with van der Waals surface area (Å²) in [5.41, 5.74) is 0.357. The largest absolute Gasteiger partial charge is 0.477 e. The lowest BCUT2D eigenvalue weighted by Crippen LogP contribution is -2.36. The number of carbonyl (C=O) groups excluding carboxylic acids is 2. The number of nitrogens with zero attached hydrogens (tertiary/aromatic N) is 2. The number of benzene rings is 2. The van der Waals surface area contributed by atoms with E-state index in [0.717, 1.165) is 11.8 Å². The summed E-state index contributed by atoms with van der Waals surface area (Å²) < 4.78 is 25.9. The van der Waals surface area contributed by atoms with Crippen LogP contribution in [0, 0.1) is 11.6 Å². The van der Waals surface area contributed by atoms with Crippen LogP contribution in [0.15, 0.2) is 48.5 Å². The molecule has 2 aromatic carbocycles. The Balaban J connectivity index is 0.000000257. The number of carbonyl (C=O) groups is 3. The van der Waals surface area contributed by atoms with Crippen molar-refractivity contribution >= 4 is 41.0 Å². The van der Waals surface area contributed by atoms with Crippen LogP contribution in [0.25, 0.3) is 0 Å². The second kappa shape index (κ2) is 11.6. The molecule has 0 saturated carbocycles. The van der Waals surface area contributed by atoms with Gasteiger partial charge in [-0.25, -0.2) is 18.4 Å². The highest BCUT2D eigenvalue weighted by atomic mass is 35.5. The van der Waals surface area contributed by atoms with Crippen LogP contribution in [0.2, 0.25) is 5.02 Å². The number of halogens is 3. The third-order valence-corrected chi connectivity index (χ3v) is 4.39. The van der Waals surface area contributed by atoms with Crippen molar-refractivity contribution in [2.75, 3.05) is 23.8 Å². The number of hydrogen-bond donors (Lipinski definition) is 4. The molecule has 0 fully saturated rings. The summed E-state index contributed by atoms with van der Waals surface area (Å²) in [6, 6.07) is 11.8. The number of urea groups is 1. The Hall–Kier alpha value is -3.99. The summed E-state index contributed by atoms with van der Waals surface area (Å²) in [5, 5.41) is 19.0. The lowest BCUT2D eigenvalue weighted by atomic mass is 10.2. The third kappa shape index (κ3) is 7.01. The fourth-order valence-corrected chi connectivity index (χ4v) is 2.65. The fraction of sp³-hybridized carbons (Fsp3) is 0.143. The lowest BCUT2D eigenvalue weighted by Gasteiger charge is -2.16. The summed E-state index contributed by atoms with van der Waals surface area (Å²) in [6.07, 6.45) is 0. The Morgan fingerprint density at radius 3 is 2.33 bits per heavy atom. The molecular formula is C21H20ClF2N5O4. The van der Waals surface area contributed by atoms with E-state index in [1.807, 2.05) is 37.3 Å². The van der Waals surface area contributed by atoms with Crippen LogP contribution >= 0.6 is 11.6 Å². The predicted octanol–water partition coefficient (Wildman–Crippen LogP) is 4.14. The molecule has 0 spiro atoms. The van der Waals surface area contributed by atoms with Crippen LogP contribution in [0.5, 0.6) is 0 Å². The van der Waals surface area contributed by atoms with Gasteiger partial charge >= 0.3 is 12.0 Å². The highest BCUT2D eigenvalue weighted by Gasteiger charge is 2.17. The summed E-state index contributed by atoms with van der Waals surface area (Å²) in [5.74, 6) is -4.61. The smallest absolute Gasteiger partial charge is 0.353 e. The molecule has 0 bridgehead atoms. The van der Waals surface area contributed by atoms with Crippen molar-refractivity contribution in [3.63, 3.8) is 0 Å². The Morgan fingerprint density at radius 2 is 1.76 bits per heavy atom. The zero-order valence-corrected chi connectivity index (χ0v) is 18.3. The molecule has 33 heavy (non-hydrogen) atoms. The molecule has 0 radical (unpaired) electrons. The van der Waals surface area contributed by atoms with Gasteiger partial charge in [0, 0.05) is 25.3 Å². The van der Waals surface area contributed by atoms with E-state index in [2.05, 4.69) is 20.8 Å². The molecule has 1 aromatic heterocycles. The molecule has 9 nitrogen and oxygen atoms in total. The minimum absolute atomic E-state index is 0.0753. The third-order valence-electron chi connectivity index (χ3n) is 4.08. The van der Waals surface area contributed by atoms with Gasteiger partial charge in [-0.1, -0.05) is 29.8 Å². The van der Waals surface area contributed by atoms with E-state index in [0.29, 0.717) is 18.7 Å². The van der Waals surface area contributed by atoms with Crippen LogP contribution in [-0.2, 0) is 0 Å². The van der Waals surface area contributed by atoms with Crippen molar-refractivity contribution in [2.24, 2.45) is 0 Å². The number of carboxylic acids is 1. The number of aromatic nitrogens is 2. The maximum atomic E-state index is 13.1. The number of para-hydroxylation sites is 1. The van der Waals surface area contributed by atoms with Gasteiger partial charge in [-0.3, -0.25) is 14.8 Å². The van der Waals surface area contributed by atoms with Crippen molar-refractivity contribution in [3.05, 3.63) is 76.4 Å². The van der Waals surface area contributed by atoms with Gasteiger partial charge in [0.2, 0.25) is 0 Å². The first-order valence-electron chi connectivity index (χ1n) is 9.45. The first kappa shape index (κ1) is 25.3. The number of aromatic amines is 1. The van der Waals surface area contributed by atoms with E-state index >= 15 is 0 Å². The maximum Gasteiger partial charge on any atom is 0.353 e. The van der Waals surface area contributed by atoms with E-state index in [-0.39, 0.29) is 28.1 Å². The SMILES string of the molecule is CCNC(=O)N(C)c1ccccc1.O=C(O)c1cc(NC(=O)c2cc(F)c(F)cc2Cl)n[nH]1. The number of carboxylic acid groups (broad SMARTS) is 1. The van der Waals surface area contributed by atoms with E-state index in [9.17, 15) is 23.2 Å². The molecule has 0 aliphatic rings. The van der Waals surface area contributed by atoms with E-state index < -0.39 is 23.5 Å². The fourth-order valence-electron chi connectivity index (χ4n) is 2.41. The van der Waals surface area contributed by atoms with Gasteiger partial charge in [0.25, 0.3) is 5.91 Å². The van der Waals surface area contributed by atoms with Gasteiger partial charge in [-0.05, 0) is 31.2 Å². The summed E-state index contributed by atoms with van der Waals surface area (Å²) in [4.78, 5) is 35.3. The molecule has 3 amide bonds. The average molecular weight is 480 g/mol. The van der Waals surface area contributed by atoms with Crippen LogP contribution in [-0.4, -0.2) is 46.8 Å². The molecule has 3 aromatic rings. The molecular weight excluding hydrogens is 460 g/mol. The Bertz CT molecular complexity index is 1140. The summed E-state index contributed by atoms with van der Waals surface area (Å²) in [6.45, 7) is 2.55. The molecule has 0 saturated heterocycles. The lowest BCUT2D eigenvalue weighted by molar-refractivity contribution is 0.0690. The van der Waals surface area contributed by atoms with Gasteiger partial charge in [0.05, 0.1) is 10.6 Å². The average Bonchev–Trinajstić information content (AvgIpc) is 3.25. The number of rotatable bonds is 5. The Labute approximate surface area is 192 Å². The maximum absolute atomic E-state index is 13.1. The molecule has 12 heteroatoms. The number of amides is 3. The monoisotopic (exact) mass is 479 g/mol. The number of aromatic carboxylic acids is 1. The Kier molecular flexibility index (Phi) is 8.87. The second-order valence-corrected chi connectivity index (χ2v) is 6.81. The first-order chi connectivity index (χ1) is 15.6. The molecule has 0 aliphatic carbocycles. The minimum Gasteiger partial charge on any atom is -0.477 e. The predicted molar refractivity (Wildman–Crippen MR) is 119 cm³/mol. The zero-order valence-electron chi connectivity index (χ0n) is 17.5. The molecule has 0 unspecified atom stereocenters. The quantitative estimate of drug-likeness (QED) is 0.409. The number of anilines is 2. The normalized spacial score (nSPS) is 9.97.